The molecule has 1 atom stereocenters. The van der Waals surface area contributed by atoms with Crippen LogP contribution < -0.4 is 16.1 Å². The lowest BCUT2D eigenvalue weighted by molar-refractivity contribution is -0.122. The Balaban J connectivity index is 1.69. The summed E-state index contributed by atoms with van der Waals surface area (Å²) >= 11 is 0. The molecular formula is C27H38N4O7. The van der Waals surface area contributed by atoms with Crippen molar-refractivity contribution >= 4 is 29.3 Å². The zero-order valence-corrected chi connectivity index (χ0v) is 22.8. The van der Waals surface area contributed by atoms with Crippen LogP contribution in [0.15, 0.2) is 23.3 Å². The molecule has 0 saturated heterocycles. The second-order valence-corrected chi connectivity index (χ2v) is 9.59. The van der Waals surface area contributed by atoms with E-state index in [9.17, 15) is 14.4 Å². The maximum absolute atomic E-state index is 11.6. The Labute approximate surface area is 224 Å². The fraction of sp³-hybridized carbons (Fsp3) is 0.556. The fourth-order valence-electron chi connectivity index (χ4n) is 3.34. The fourth-order valence-corrected chi connectivity index (χ4v) is 3.34. The number of ether oxygens (including phenoxy) is 4. The van der Waals surface area contributed by atoms with Gasteiger partial charge in [-0.3, -0.25) is 9.59 Å². The molecular weight excluding hydrogens is 492 g/mol. The smallest absolute Gasteiger partial charge is 0.407 e. The lowest BCUT2D eigenvalue weighted by atomic mass is 9.93. The molecule has 0 unspecified atom stereocenters. The van der Waals surface area contributed by atoms with Gasteiger partial charge in [0.15, 0.2) is 0 Å². The Hall–Kier alpha value is -3.46. The van der Waals surface area contributed by atoms with Crippen LogP contribution >= 0.6 is 0 Å². The zero-order valence-electron chi connectivity index (χ0n) is 22.8. The summed E-state index contributed by atoms with van der Waals surface area (Å²) in [5.41, 5.74) is 4.79. The van der Waals surface area contributed by atoms with Crippen LogP contribution in [0.1, 0.15) is 52.2 Å². The van der Waals surface area contributed by atoms with Crippen molar-refractivity contribution < 1.29 is 33.3 Å². The second kappa shape index (κ2) is 15.7. The first-order valence-electron chi connectivity index (χ1n) is 12.5. The molecule has 0 radical (unpaired) electrons. The Morgan fingerprint density at radius 2 is 1.79 bits per heavy atom. The standard InChI is InChI=1S/C27H38N4O7/c1-19-17-24(33)30-31-25(19)22-8-9-23(29-20(2)32)21(18-22)7-6-11-35-13-15-37-16-14-36-12-10-28-26(34)38-27(3,4)5/h8-9,18-19H,10-17H2,1-5H3,(H,28,34)(H,29,32)(H,30,33)/t19-/m1/s1. The molecule has 1 aliphatic rings. The summed E-state index contributed by atoms with van der Waals surface area (Å²) in [6.45, 7) is 11.2. The van der Waals surface area contributed by atoms with Crippen molar-refractivity contribution in [1.29, 1.82) is 0 Å². The SMILES string of the molecule is CC(=O)Nc1ccc(C2=NNC(=O)C[C@H]2C)cc1C#CCOCCOCCOCCNC(=O)OC(C)(C)C. The van der Waals surface area contributed by atoms with Crippen LogP contribution in [-0.2, 0) is 28.5 Å². The number of nitrogens with one attached hydrogen (secondary N) is 3. The van der Waals surface area contributed by atoms with E-state index in [1.807, 2.05) is 19.1 Å². The van der Waals surface area contributed by atoms with Gasteiger partial charge in [-0.05, 0) is 38.5 Å². The Morgan fingerprint density at radius 1 is 1.11 bits per heavy atom. The molecule has 0 aromatic heterocycles. The number of nitrogens with zero attached hydrogens (tertiary/aromatic N) is 1. The quantitative estimate of drug-likeness (QED) is 0.279. The Kier molecular flexibility index (Phi) is 12.7. The Morgan fingerprint density at radius 3 is 2.45 bits per heavy atom. The summed E-state index contributed by atoms with van der Waals surface area (Å²) in [6, 6.07) is 5.46. The van der Waals surface area contributed by atoms with Crippen LogP contribution in [0.25, 0.3) is 0 Å². The van der Waals surface area contributed by atoms with Crippen molar-refractivity contribution in [3.05, 3.63) is 29.3 Å². The van der Waals surface area contributed by atoms with Gasteiger partial charge >= 0.3 is 6.09 Å². The molecule has 1 aromatic carbocycles. The minimum absolute atomic E-state index is 0.0289. The number of hydrazone groups is 1. The minimum atomic E-state index is -0.530. The van der Waals surface area contributed by atoms with Crippen LogP contribution in [-0.4, -0.2) is 75.4 Å². The van der Waals surface area contributed by atoms with E-state index in [-0.39, 0.29) is 24.3 Å². The molecule has 2 rings (SSSR count). The van der Waals surface area contributed by atoms with Crippen LogP contribution in [0.2, 0.25) is 0 Å². The molecule has 208 valence electrons. The first-order chi connectivity index (χ1) is 18.0. The first kappa shape index (κ1) is 30.8. The lowest BCUT2D eigenvalue weighted by Gasteiger charge is -2.19. The zero-order chi connectivity index (χ0) is 28.0. The van der Waals surface area contributed by atoms with Gasteiger partial charge in [0, 0.05) is 31.4 Å². The van der Waals surface area contributed by atoms with Gasteiger partial charge < -0.3 is 29.6 Å². The number of amides is 3. The number of rotatable bonds is 12. The summed E-state index contributed by atoms with van der Waals surface area (Å²) in [5.74, 6) is 5.65. The molecule has 3 N–H and O–H groups in total. The average Bonchev–Trinajstić information content (AvgIpc) is 2.81. The van der Waals surface area contributed by atoms with E-state index >= 15 is 0 Å². The monoisotopic (exact) mass is 530 g/mol. The van der Waals surface area contributed by atoms with Crippen molar-refractivity contribution in [3.63, 3.8) is 0 Å². The van der Waals surface area contributed by atoms with Crippen molar-refractivity contribution in [1.82, 2.24) is 10.7 Å². The molecule has 0 saturated carbocycles. The molecule has 38 heavy (non-hydrogen) atoms. The van der Waals surface area contributed by atoms with E-state index in [1.54, 1.807) is 26.8 Å². The van der Waals surface area contributed by atoms with E-state index < -0.39 is 11.7 Å². The normalized spacial score (nSPS) is 15.0. The van der Waals surface area contributed by atoms with Gasteiger partial charge in [0.25, 0.3) is 0 Å². The predicted octanol–water partition coefficient (Wildman–Crippen LogP) is 2.43. The molecule has 0 bridgehead atoms. The third-order valence-electron chi connectivity index (χ3n) is 4.94. The summed E-state index contributed by atoms with van der Waals surface area (Å²) in [6.07, 6.45) is -0.111. The first-order valence-corrected chi connectivity index (χ1v) is 12.5. The topological polar surface area (TPSA) is 137 Å². The summed E-state index contributed by atoms with van der Waals surface area (Å²) < 4.78 is 21.5. The molecule has 11 nitrogen and oxygen atoms in total. The van der Waals surface area contributed by atoms with Crippen LogP contribution in [0.4, 0.5) is 10.5 Å². The van der Waals surface area contributed by atoms with Crippen LogP contribution in [0.3, 0.4) is 0 Å². The van der Waals surface area contributed by atoms with Crippen molar-refractivity contribution in [2.24, 2.45) is 11.0 Å². The minimum Gasteiger partial charge on any atom is -0.444 e. The molecule has 1 aromatic rings. The van der Waals surface area contributed by atoms with Gasteiger partial charge in [-0.1, -0.05) is 24.8 Å². The van der Waals surface area contributed by atoms with Crippen LogP contribution in [0, 0.1) is 17.8 Å². The van der Waals surface area contributed by atoms with Crippen LogP contribution in [0.5, 0.6) is 0 Å². The molecule has 0 spiro atoms. The number of anilines is 1. The lowest BCUT2D eigenvalue weighted by Crippen LogP contribution is -2.34. The molecule has 1 heterocycles. The van der Waals surface area contributed by atoms with E-state index in [0.717, 1.165) is 11.3 Å². The van der Waals surface area contributed by atoms with E-state index in [0.29, 0.717) is 57.3 Å². The predicted molar refractivity (Wildman–Crippen MR) is 143 cm³/mol. The second-order valence-electron chi connectivity index (χ2n) is 9.59. The number of carbonyl (C=O) groups excluding carboxylic acids is 3. The number of hydrogen-bond acceptors (Lipinski definition) is 8. The largest absolute Gasteiger partial charge is 0.444 e. The maximum atomic E-state index is 11.6. The van der Waals surface area contributed by atoms with Crippen molar-refractivity contribution in [2.45, 2.75) is 46.6 Å². The highest BCUT2D eigenvalue weighted by Gasteiger charge is 2.22. The summed E-state index contributed by atoms with van der Waals surface area (Å²) in [5, 5.41) is 9.59. The van der Waals surface area contributed by atoms with Gasteiger partial charge in [0.1, 0.15) is 12.2 Å². The highest BCUT2D eigenvalue weighted by atomic mass is 16.6. The number of benzene rings is 1. The molecule has 3 amide bonds. The molecule has 0 aliphatic carbocycles. The van der Waals surface area contributed by atoms with Gasteiger partial charge in [-0.25, -0.2) is 10.2 Å². The summed E-state index contributed by atoms with van der Waals surface area (Å²) in [7, 11) is 0. The van der Waals surface area contributed by atoms with E-state index in [1.165, 1.54) is 6.92 Å². The van der Waals surface area contributed by atoms with Crippen molar-refractivity contribution in [3.8, 4) is 11.8 Å². The number of alkyl carbamates (subject to hydrolysis) is 1. The third kappa shape index (κ3) is 12.2. The molecule has 11 heteroatoms. The van der Waals surface area contributed by atoms with Gasteiger partial charge in [-0.15, -0.1) is 0 Å². The van der Waals surface area contributed by atoms with Crippen molar-refractivity contribution in [2.75, 3.05) is 51.5 Å². The van der Waals surface area contributed by atoms with E-state index in [2.05, 4.69) is 33.0 Å². The van der Waals surface area contributed by atoms with Gasteiger partial charge in [0.05, 0.1) is 44.4 Å². The highest BCUT2D eigenvalue weighted by Crippen LogP contribution is 2.22. The maximum Gasteiger partial charge on any atom is 0.407 e. The Bertz CT molecular complexity index is 1050. The van der Waals surface area contributed by atoms with Gasteiger partial charge in [0.2, 0.25) is 11.8 Å². The average molecular weight is 531 g/mol. The molecule has 0 fully saturated rings. The highest BCUT2D eigenvalue weighted by molar-refractivity contribution is 6.06. The summed E-state index contributed by atoms with van der Waals surface area (Å²) in [4.78, 5) is 34.7. The number of hydrogen-bond donors (Lipinski definition) is 3. The number of carbonyl (C=O) groups is 3. The third-order valence-corrected chi connectivity index (χ3v) is 4.94. The van der Waals surface area contributed by atoms with Gasteiger partial charge in [-0.2, -0.15) is 5.10 Å². The molecule has 1 aliphatic heterocycles. The van der Waals surface area contributed by atoms with E-state index in [4.69, 9.17) is 18.9 Å².